The number of hydrogen-bond acceptors (Lipinski definition) is 2. The van der Waals surface area contributed by atoms with Gasteiger partial charge in [0.1, 0.15) is 5.82 Å². The Morgan fingerprint density at radius 2 is 2.05 bits per heavy atom. The van der Waals surface area contributed by atoms with Crippen LogP contribution in [-0.4, -0.2) is 26.0 Å². The first-order chi connectivity index (χ1) is 8.45. The molecule has 0 fully saturated rings. The number of rotatable bonds is 6. The van der Waals surface area contributed by atoms with Crippen molar-refractivity contribution in [1.29, 1.82) is 0 Å². The van der Waals surface area contributed by atoms with Gasteiger partial charge in [-0.2, -0.15) is 0 Å². The van der Waals surface area contributed by atoms with E-state index in [1.807, 2.05) is 27.0 Å². The number of hydrogen-bond donors (Lipinski definition) is 2. The fraction of sp³-hybridized carbons (Fsp3) is 0.500. The van der Waals surface area contributed by atoms with Gasteiger partial charge in [0.2, 0.25) is 5.91 Å². The van der Waals surface area contributed by atoms with E-state index in [2.05, 4.69) is 10.6 Å². The molecule has 0 unspecified atom stereocenters. The van der Waals surface area contributed by atoms with E-state index in [9.17, 15) is 9.18 Å². The van der Waals surface area contributed by atoms with E-state index in [1.54, 1.807) is 6.07 Å². The highest BCUT2D eigenvalue weighted by molar-refractivity contribution is 5.85. The summed E-state index contributed by atoms with van der Waals surface area (Å²) in [5.74, 6) is -0.240. The highest BCUT2D eigenvalue weighted by atomic mass is 35.5. The smallest absolute Gasteiger partial charge is 0.221 e. The number of nitrogens with one attached hydrogen (secondary N) is 2. The molecule has 5 heteroatoms. The molecule has 0 aliphatic rings. The van der Waals surface area contributed by atoms with Crippen LogP contribution in [0.4, 0.5) is 4.39 Å². The van der Waals surface area contributed by atoms with Crippen LogP contribution in [0.5, 0.6) is 0 Å². The molecule has 0 spiro atoms. The maximum Gasteiger partial charge on any atom is 0.221 e. The average Bonchev–Trinajstić information content (AvgIpc) is 2.34. The van der Waals surface area contributed by atoms with Crippen molar-refractivity contribution in [2.75, 3.05) is 20.1 Å². The normalized spacial score (nSPS) is 10.7. The molecule has 1 aromatic rings. The fourth-order valence-corrected chi connectivity index (χ4v) is 1.66. The van der Waals surface area contributed by atoms with Crippen LogP contribution in [0.2, 0.25) is 0 Å². The molecule has 2 N–H and O–H groups in total. The fourth-order valence-electron chi connectivity index (χ4n) is 1.66. The van der Waals surface area contributed by atoms with E-state index in [-0.39, 0.29) is 29.5 Å². The number of carbonyl (C=O) groups is 1. The molecule has 108 valence electrons. The number of carbonyl (C=O) groups excluding carboxylic acids is 1. The van der Waals surface area contributed by atoms with Gasteiger partial charge in [-0.3, -0.25) is 4.79 Å². The Labute approximate surface area is 120 Å². The lowest BCUT2D eigenvalue weighted by Gasteiger charge is -2.25. The Balaban J connectivity index is 0.00000324. The van der Waals surface area contributed by atoms with E-state index in [4.69, 9.17) is 0 Å². The van der Waals surface area contributed by atoms with Crippen LogP contribution < -0.4 is 10.6 Å². The first-order valence-electron chi connectivity index (χ1n) is 6.13. The molecule has 0 aliphatic carbocycles. The summed E-state index contributed by atoms with van der Waals surface area (Å²) < 4.78 is 13.2. The van der Waals surface area contributed by atoms with Gasteiger partial charge >= 0.3 is 0 Å². The van der Waals surface area contributed by atoms with Crippen molar-refractivity contribution in [1.82, 2.24) is 10.6 Å². The molecule has 0 saturated carbocycles. The van der Waals surface area contributed by atoms with Gasteiger partial charge in [-0.25, -0.2) is 4.39 Å². The monoisotopic (exact) mass is 288 g/mol. The molecule has 1 aromatic carbocycles. The highest BCUT2D eigenvalue weighted by Gasteiger charge is 2.21. The average molecular weight is 289 g/mol. The summed E-state index contributed by atoms with van der Waals surface area (Å²) in [5.41, 5.74) is 0.605. The molecule has 0 aromatic heterocycles. The summed E-state index contributed by atoms with van der Waals surface area (Å²) >= 11 is 0. The minimum absolute atomic E-state index is 0. The number of benzene rings is 1. The molecule has 1 rings (SSSR count). The summed E-state index contributed by atoms with van der Waals surface area (Å²) in [5, 5.41) is 5.80. The number of amides is 1. The van der Waals surface area contributed by atoms with Crippen LogP contribution in [0.25, 0.3) is 0 Å². The Morgan fingerprint density at radius 3 is 2.63 bits per heavy atom. The van der Waals surface area contributed by atoms with Crippen LogP contribution in [0.3, 0.4) is 0 Å². The van der Waals surface area contributed by atoms with Gasteiger partial charge in [-0.05, 0) is 24.7 Å². The van der Waals surface area contributed by atoms with Crippen LogP contribution >= 0.6 is 12.4 Å². The maximum atomic E-state index is 13.2. The van der Waals surface area contributed by atoms with Gasteiger partial charge in [0.05, 0.1) is 0 Å². The zero-order valence-corrected chi connectivity index (χ0v) is 12.4. The predicted octanol–water partition coefficient (Wildman–Crippen LogP) is 2.25. The van der Waals surface area contributed by atoms with Crippen LogP contribution in [0.15, 0.2) is 24.3 Å². The van der Waals surface area contributed by atoms with E-state index < -0.39 is 0 Å². The second-order valence-corrected chi connectivity index (χ2v) is 5.02. The zero-order chi connectivity index (χ0) is 13.6. The van der Waals surface area contributed by atoms with Crippen LogP contribution in [0.1, 0.15) is 25.8 Å². The number of halogens is 2. The van der Waals surface area contributed by atoms with Gasteiger partial charge in [0.15, 0.2) is 0 Å². The second-order valence-electron chi connectivity index (χ2n) is 5.02. The summed E-state index contributed by atoms with van der Waals surface area (Å²) in [7, 11) is 1.81. The third-order valence-corrected chi connectivity index (χ3v) is 2.94. The largest absolute Gasteiger partial charge is 0.355 e. The van der Waals surface area contributed by atoms with E-state index in [0.29, 0.717) is 19.5 Å². The minimum atomic E-state index is -0.280. The van der Waals surface area contributed by atoms with Crippen molar-refractivity contribution in [2.24, 2.45) is 0 Å². The van der Waals surface area contributed by atoms with Crippen molar-refractivity contribution >= 4 is 18.3 Å². The van der Waals surface area contributed by atoms with Crippen molar-refractivity contribution in [2.45, 2.75) is 25.7 Å². The molecule has 0 aliphatic heterocycles. The Kier molecular flexibility index (Phi) is 7.64. The Morgan fingerprint density at radius 1 is 1.37 bits per heavy atom. The van der Waals surface area contributed by atoms with Crippen LogP contribution in [0, 0.1) is 5.82 Å². The summed E-state index contributed by atoms with van der Waals surface area (Å²) in [6, 6.07) is 6.50. The lowest BCUT2D eigenvalue weighted by molar-refractivity contribution is -0.121. The molecule has 1 amide bonds. The first kappa shape index (κ1) is 17.9. The van der Waals surface area contributed by atoms with Gasteiger partial charge in [-0.15, -0.1) is 12.4 Å². The first-order valence-corrected chi connectivity index (χ1v) is 6.13. The maximum absolute atomic E-state index is 13.2. The quantitative estimate of drug-likeness (QED) is 0.843. The standard InChI is InChI=1S/C14H21FN2O.ClH/c1-14(2,10-17-13(18)7-8-16-3)11-5-4-6-12(15)9-11;/h4-6,9,16H,7-8,10H2,1-3H3,(H,17,18);1H. The van der Waals surface area contributed by atoms with E-state index in [1.165, 1.54) is 12.1 Å². The molecular weight excluding hydrogens is 267 g/mol. The molecular formula is C14H22ClFN2O. The Hall–Kier alpha value is -1.13. The van der Waals surface area contributed by atoms with Crippen molar-refractivity contribution < 1.29 is 9.18 Å². The van der Waals surface area contributed by atoms with Crippen molar-refractivity contribution in [3.8, 4) is 0 Å². The molecule has 0 saturated heterocycles. The molecule has 3 nitrogen and oxygen atoms in total. The molecule has 0 radical (unpaired) electrons. The van der Waals surface area contributed by atoms with Gasteiger partial charge in [0.25, 0.3) is 0 Å². The molecule has 0 heterocycles. The predicted molar refractivity (Wildman–Crippen MR) is 78.2 cm³/mol. The van der Waals surface area contributed by atoms with Gasteiger partial charge in [-0.1, -0.05) is 26.0 Å². The van der Waals surface area contributed by atoms with Crippen LogP contribution in [-0.2, 0) is 10.2 Å². The summed E-state index contributed by atoms with van der Waals surface area (Å²) in [6.07, 6.45) is 0.454. The van der Waals surface area contributed by atoms with Gasteiger partial charge < -0.3 is 10.6 Å². The van der Waals surface area contributed by atoms with Crippen molar-refractivity contribution in [3.63, 3.8) is 0 Å². The molecule has 19 heavy (non-hydrogen) atoms. The summed E-state index contributed by atoms with van der Waals surface area (Å²) in [6.45, 7) is 5.13. The van der Waals surface area contributed by atoms with E-state index >= 15 is 0 Å². The lowest BCUT2D eigenvalue weighted by atomic mass is 9.84. The van der Waals surface area contributed by atoms with Gasteiger partial charge in [0, 0.05) is 24.9 Å². The van der Waals surface area contributed by atoms with E-state index in [0.717, 1.165) is 5.56 Å². The second kappa shape index (κ2) is 8.12. The topological polar surface area (TPSA) is 41.1 Å². The zero-order valence-electron chi connectivity index (χ0n) is 11.6. The van der Waals surface area contributed by atoms with Crippen molar-refractivity contribution in [3.05, 3.63) is 35.6 Å². The molecule has 0 atom stereocenters. The molecule has 0 bridgehead atoms. The lowest BCUT2D eigenvalue weighted by Crippen LogP contribution is -2.37. The SMILES string of the molecule is CNCCC(=O)NCC(C)(C)c1cccc(F)c1.Cl. The third kappa shape index (κ3) is 6.03. The highest BCUT2D eigenvalue weighted by Crippen LogP contribution is 2.22. The minimum Gasteiger partial charge on any atom is -0.355 e. The Bertz CT molecular complexity index is 410. The summed E-state index contributed by atoms with van der Waals surface area (Å²) in [4.78, 5) is 11.5. The third-order valence-electron chi connectivity index (χ3n) is 2.94.